The van der Waals surface area contributed by atoms with Crippen LogP contribution in [0.15, 0.2) is 11.6 Å². The SMILES string of the molecule is CC1=C[C@H]2C[C@@H]1[C@H]1C(=O)NC(=O)[C@H]12. The maximum atomic E-state index is 11.4. The van der Waals surface area contributed by atoms with Gasteiger partial charge < -0.3 is 0 Å². The van der Waals surface area contributed by atoms with Crippen LogP contribution in [0, 0.1) is 23.7 Å². The summed E-state index contributed by atoms with van der Waals surface area (Å²) >= 11 is 0. The van der Waals surface area contributed by atoms with Crippen LogP contribution in [-0.4, -0.2) is 11.8 Å². The minimum atomic E-state index is -0.0498. The summed E-state index contributed by atoms with van der Waals surface area (Å²) in [6.07, 6.45) is 3.18. The van der Waals surface area contributed by atoms with Gasteiger partial charge in [0.25, 0.3) is 0 Å². The van der Waals surface area contributed by atoms with E-state index in [0.29, 0.717) is 11.8 Å². The number of imide groups is 1. The smallest absolute Gasteiger partial charge is 0.231 e. The van der Waals surface area contributed by atoms with Crippen molar-refractivity contribution >= 4 is 11.8 Å². The van der Waals surface area contributed by atoms with E-state index in [9.17, 15) is 9.59 Å². The van der Waals surface area contributed by atoms with Crippen molar-refractivity contribution < 1.29 is 9.59 Å². The molecule has 0 aromatic carbocycles. The number of allylic oxidation sites excluding steroid dienone is 2. The monoisotopic (exact) mass is 177 g/mol. The molecule has 0 aromatic rings. The second kappa shape index (κ2) is 2.03. The van der Waals surface area contributed by atoms with E-state index in [2.05, 4.69) is 18.3 Å². The molecule has 4 atom stereocenters. The summed E-state index contributed by atoms with van der Waals surface area (Å²) in [7, 11) is 0. The molecule has 3 nitrogen and oxygen atoms in total. The van der Waals surface area contributed by atoms with Crippen molar-refractivity contribution in [2.75, 3.05) is 0 Å². The number of fused-ring (bicyclic) bond motifs is 5. The summed E-state index contributed by atoms with van der Waals surface area (Å²) in [5.74, 6) is 0.507. The van der Waals surface area contributed by atoms with Crippen molar-refractivity contribution in [2.24, 2.45) is 23.7 Å². The Morgan fingerprint density at radius 1 is 1.31 bits per heavy atom. The summed E-state index contributed by atoms with van der Waals surface area (Å²) in [5.41, 5.74) is 1.30. The predicted octanol–water partition coefficient (Wildman–Crippen LogP) is 0.471. The molecule has 0 spiro atoms. The highest BCUT2D eigenvalue weighted by Gasteiger charge is 2.57. The van der Waals surface area contributed by atoms with Gasteiger partial charge in [0, 0.05) is 0 Å². The number of hydrogen-bond acceptors (Lipinski definition) is 2. The Morgan fingerprint density at radius 2 is 2.00 bits per heavy atom. The maximum absolute atomic E-state index is 11.4. The lowest BCUT2D eigenvalue weighted by Crippen LogP contribution is -2.25. The van der Waals surface area contributed by atoms with Gasteiger partial charge in [-0.1, -0.05) is 11.6 Å². The first kappa shape index (κ1) is 7.30. The number of nitrogens with one attached hydrogen (secondary N) is 1. The third kappa shape index (κ3) is 0.705. The molecule has 0 aromatic heterocycles. The van der Waals surface area contributed by atoms with Crippen molar-refractivity contribution in [1.29, 1.82) is 0 Å². The lowest BCUT2D eigenvalue weighted by molar-refractivity contribution is -0.126. The van der Waals surface area contributed by atoms with Crippen LogP contribution in [0.3, 0.4) is 0 Å². The molecule has 1 heterocycles. The molecule has 13 heavy (non-hydrogen) atoms. The number of carbonyl (C=O) groups excluding carboxylic acids is 2. The third-order valence-electron chi connectivity index (χ3n) is 3.72. The zero-order valence-electron chi connectivity index (χ0n) is 7.41. The van der Waals surface area contributed by atoms with Gasteiger partial charge in [0.1, 0.15) is 0 Å². The number of rotatable bonds is 0. The van der Waals surface area contributed by atoms with E-state index in [-0.39, 0.29) is 23.7 Å². The van der Waals surface area contributed by atoms with Crippen LogP contribution in [0.1, 0.15) is 13.3 Å². The van der Waals surface area contributed by atoms with Crippen LogP contribution in [0.2, 0.25) is 0 Å². The van der Waals surface area contributed by atoms with Crippen molar-refractivity contribution in [1.82, 2.24) is 5.32 Å². The predicted molar refractivity (Wildman–Crippen MR) is 45.5 cm³/mol. The molecule has 3 heteroatoms. The molecule has 2 aliphatic carbocycles. The van der Waals surface area contributed by atoms with Gasteiger partial charge in [0.05, 0.1) is 11.8 Å². The molecular weight excluding hydrogens is 166 g/mol. The number of carbonyl (C=O) groups is 2. The van der Waals surface area contributed by atoms with Crippen molar-refractivity contribution in [2.45, 2.75) is 13.3 Å². The van der Waals surface area contributed by atoms with Gasteiger partial charge in [-0.3, -0.25) is 14.9 Å². The topological polar surface area (TPSA) is 46.2 Å². The van der Waals surface area contributed by atoms with E-state index in [1.54, 1.807) is 0 Å². The van der Waals surface area contributed by atoms with E-state index in [0.717, 1.165) is 6.42 Å². The van der Waals surface area contributed by atoms with E-state index >= 15 is 0 Å². The number of hydrogen-bond donors (Lipinski definition) is 1. The quantitative estimate of drug-likeness (QED) is 0.432. The first-order valence-electron chi connectivity index (χ1n) is 4.71. The molecule has 0 radical (unpaired) electrons. The van der Waals surface area contributed by atoms with E-state index in [1.807, 2.05) is 0 Å². The summed E-state index contributed by atoms with van der Waals surface area (Å²) in [6, 6.07) is 0. The molecule has 1 aliphatic heterocycles. The average Bonchev–Trinajstić information content (AvgIpc) is 2.64. The fraction of sp³-hybridized carbons (Fsp3) is 0.600. The van der Waals surface area contributed by atoms with Gasteiger partial charge in [-0.25, -0.2) is 0 Å². The second-order valence-electron chi connectivity index (χ2n) is 4.32. The highest BCUT2D eigenvalue weighted by atomic mass is 16.2. The van der Waals surface area contributed by atoms with Gasteiger partial charge in [-0.15, -0.1) is 0 Å². The highest BCUT2D eigenvalue weighted by Crippen LogP contribution is 2.53. The Labute approximate surface area is 76.2 Å². The normalized spacial score (nSPS) is 46.4. The molecule has 1 saturated carbocycles. The molecule has 2 bridgehead atoms. The Bertz CT molecular complexity index is 345. The van der Waals surface area contributed by atoms with Crippen LogP contribution in [0.25, 0.3) is 0 Å². The Morgan fingerprint density at radius 3 is 2.77 bits per heavy atom. The lowest BCUT2D eigenvalue weighted by Gasteiger charge is -2.18. The Hall–Kier alpha value is -1.12. The van der Waals surface area contributed by atoms with Crippen LogP contribution in [0.5, 0.6) is 0 Å². The Balaban J connectivity index is 2.08. The fourth-order valence-electron chi connectivity index (χ4n) is 3.20. The van der Waals surface area contributed by atoms with Crippen molar-refractivity contribution in [3.8, 4) is 0 Å². The van der Waals surface area contributed by atoms with Crippen LogP contribution >= 0.6 is 0 Å². The fourth-order valence-corrected chi connectivity index (χ4v) is 3.20. The minimum Gasteiger partial charge on any atom is -0.296 e. The zero-order valence-corrected chi connectivity index (χ0v) is 7.41. The van der Waals surface area contributed by atoms with Crippen molar-refractivity contribution in [3.05, 3.63) is 11.6 Å². The highest BCUT2D eigenvalue weighted by molar-refractivity contribution is 6.06. The molecule has 3 aliphatic rings. The second-order valence-corrected chi connectivity index (χ2v) is 4.32. The van der Waals surface area contributed by atoms with Crippen LogP contribution < -0.4 is 5.32 Å². The number of amides is 2. The van der Waals surface area contributed by atoms with E-state index in [1.165, 1.54) is 5.57 Å². The van der Waals surface area contributed by atoms with Gasteiger partial charge >= 0.3 is 0 Å². The first-order valence-corrected chi connectivity index (χ1v) is 4.71. The van der Waals surface area contributed by atoms with Gasteiger partial charge in [-0.05, 0) is 25.2 Å². The Kier molecular flexibility index (Phi) is 1.14. The summed E-state index contributed by atoms with van der Waals surface area (Å²) in [4.78, 5) is 22.8. The minimum absolute atomic E-state index is 0.0394. The molecule has 0 unspecified atom stereocenters. The molecule has 1 saturated heterocycles. The van der Waals surface area contributed by atoms with Crippen LogP contribution in [-0.2, 0) is 9.59 Å². The first-order chi connectivity index (χ1) is 6.18. The average molecular weight is 177 g/mol. The molecule has 68 valence electrons. The summed E-state index contributed by atoms with van der Waals surface area (Å²) in [6.45, 7) is 2.07. The molecule has 1 N–H and O–H groups in total. The molecule has 2 fully saturated rings. The van der Waals surface area contributed by atoms with E-state index < -0.39 is 0 Å². The zero-order chi connectivity index (χ0) is 9.16. The maximum Gasteiger partial charge on any atom is 0.231 e. The molecular formula is C10H11NO2. The van der Waals surface area contributed by atoms with E-state index in [4.69, 9.17) is 0 Å². The largest absolute Gasteiger partial charge is 0.296 e. The molecule has 3 rings (SSSR count). The summed E-state index contributed by atoms with van der Waals surface area (Å²) in [5, 5.41) is 2.43. The lowest BCUT2D eigenvalue weighted by atomic mass is 9.82. The van der Waals surface area contributed by atoms with Gasteiger partial charge in [0.15, 0.2) is 0 Å². The van der Waals surface area contributed by atoms with Gasteiger partial charge in [0.2, 0.25) is 11.8 Å². The van der Waals surface area contributed by atoms with Gasteiger partial charge in [-0.2, -0.15) is 0 Å². The van der Waals surface area contributed by atoms with Crippen LogP contribution in [0.4, 0.5) is 0 Å². The third-order valence-corrected chi connectivity index (χ3v) is 3.72. The molecule has 2 amide bonds. The van der Waals surface area contributed by atoms with Crippen molar-refractivity contribution in [3.63, 3.8) is 0 Å². The summed E-state index contributed by atoms with van der Waals surface area (Å²) < 4.78 is 0. The standard InChI is InChI=1S/C10H11NO2/c1-4-2-5-3-6(4)8-7(5)9(12)11-10(8)13/h2,5-8H,3H2,1H3,(H,11,12,13)/t5-,6-,7-,8+/m0/s1.